The van der Waals surface area contributed by atoms with Gasteiger partial charge in [0.2, 0.25) is 5.91 Å². The standard InChI is InChI=1S/C22H40N2O.C22H39NO2/c1-18(25)23-10-8-6-4-5-7-9-11-24-22-14-19-12-20(2,16-22)15-21(3,13-19)17-22;1-18(24)25-11-9-7-5-4-6-8-10-23-22-14-19-12-20(2,16-22)15-21(3,13-19)17-22/h19,24H,4-17H2,1-3H3,(H,23,25);19,23H,4-17H2,1-3H3. The van der Waals surface area contributed by atoms with Crippen molar-refractivity contribution in [2.24, 2.45) is 33.5 Å². The van der Waals surface area contributed by atoms with Crippen molar-refractivity contribution in [3.63, 3.8) is 0 Å². The molecular weight excluding hydrogens is 619 g/mol. The Labute approximate surface area is 307 Å². The quantitative estimate of drug-likeness (QED) is 0.0872. The van der Waals surface area contributed by atoms with Crippen molar-refractivity contribution in [1.29, 1.82) is 0 Å². The Morgan fingerprint density at radius 2 is 0.860 bits per heavy atom. The lowest BCUT2D eigenvalue weighted by atomic mass is 9.42. The molecule has 8 rings (SSSR count). The highest BCUT2D eigenvalue weighted by molar-refractivity contribution is 5.72. The minimum absolute atomic E-state index is 0.0958. The first-order valence-electron chi connectivity index (χ1n) is 21.5. The molecule has 8 saturated carbocycles. The summed E-state index contributed by atoms with van der Waals surface area (Å²) >= 11 is 0. The van der Waals surface area contributed by atoms with Crippen molar-refractivity contribution in [3.8, 4) is 0 Å². The van der Waals surface area contributed by atoms with Crippen LogP contribution in [-0.4, -0.2) is 49.2 Å². The van der Waals surface area contributed by atoms with Gasteiger partial charge in [-0.1, -0.05) is 79.1 Å². The highest BCUT2D eigenvalue weighted by Crippen LogP contribution is 2.67. The summed E-state index contributed by atoms with van der Waals surface area (Å²) in [6.45, 7) is 17.2. The number of unbranched alkanes of at least 4 members (excludes halogenated alkanes) is 10. The van der Waals surface area contributed by atoms with Crippen molar-refractivity contribution in [1.82, 2.24) is 16.0 Å². The van der Waals surface area contributed by atoms with Crippen LogP contribution in [-0.2, 0) is 14.3 Å². The van der Waals surface area contributed by atoms with Crippen molar-refractivity contribution < 1.29 is 14.3 Å². The summed E-state index contributed by atoms with van der Waals surface area (Å²) in [5.74, 6) is 1.91. The number of rotatable bonds is 20. The molecule has 3 N–H and O–H groups in total. The lowest BCUT2D eigenvalue weighted by Crippen LogP contribution is -2.64. The van der Waals surface area contributed by atoms with Gasteiger partial charge in [0.15, 0.2) is 0 Å². The van der Waals surface area contributed by atoms with E-state index >= 15 is 0 Å². The third-order valence-electron chi connectivity index (χ3n) is 14.1. The summed E-state index contributed by atoms with van der Waals surface area (Å²) < 4.78 is 4.97. The molecule has 50 heavy (non-hydrogen) atoms. The smallest absolute Gasteiger partial charge is 0.302 e. The summed E-state index contributed by atoms with van der Waals surface area (Å²) in [5.41, 5.74) is 3.41. The van der Waals surface area contributed by atoms with Gasteiger partial charge >= 0.3 is 5.97 Å². The molecule has 8 aliphatic rings. The summed E-state index contributed by atoms with van der Waals surface area (Å²) in [5, 5.41) is 11.0. The van der Waals surface area contributed by atoms with E-state index in [0.29, 0.717) is 39.3 Å². The van der Waals surface area contributed by atoms with E-state index in [0.717, 1.165) is 31.2 Å². The molecule has 288 valence electrons. The molecule has 1 amide bonds. The van der Waals surface area contributed by atoms with Gasteiger partial charge in [-0.2, -0.15) is 0 Å². The van der Waals surface area contributed by atoms with E-state index in [1.165, 1.54) is 161 Å². The van der Waals surface area contributed by atoms with Crippen LogP contribution in [0.4, 0.5) is 0 Å². The Balaban J connectivity index is 0.000000194. The number of esters is 1. The van der Waals surface area contributed by atoms with Crippen LogP contribution >= 0.6 is 0 Å². The summed E-state index contributed by atoms with van der Waals surface area (Å²) in [6, 6.07) is 0. The predicted octanol–water partition coefficient (Wildman–Crippen LogP) is 10.0. The van der Waals surface area contributed by atoms with Crippen molar-refractivity contribution in [2.75, 3.05) is 26.2 Å². The van der Waals surface area contributed by atoms with E-state index in [1.54, 1.807) is 6.92 Å². The maximum absolute atomic E-state index is 10.8. The molecule has 8 aliphatic carbocycles. The largest absolute Gasteiger partial charge is 0.466 e. The molecule has 0 heterocycles. The first-order valence-corrected chi connectivity index (χ1v) is 21.5. The number of ether oxygens (including phenoxy) is 1. The zero-order valence-electron chi connectivity index (χ0n) is 33.7. The highest BCUT2D eigenvalue weighted by atomic mass is 16.5. The highest BCUT2D eigenvalue weighted by Gasteiger charge is 2.61. The molecule has 6 nitrogen and oxygen atoms in total. The average Bonchev–Trinajstić information content (AvgIpc) is 2.95. The van der Waals surface area contributed by atoms with E-state index < -0.39 is 0 Å². The minimum Gasteiger partial charge on any atom is -0.466 e. The van der Waals surface area contributed by atoms with Crippen LogP contribution in [0.15, 0.2) is 0 Å². The molecule has 6 heteroatoms. The molecule has 0 aromatic carbocycles. The normalized spacial score (nSPS) is 38.9. The molecule has 0 radical (unpaired) electrons. The van der Waals surface area contributed by atoms with Gasteiger partial charge in [-0.25, -0.2) is 0 Å². The molecule has 0 aromatic heterocycles. The van der Waals surface area contributed by atoms with Crippen LogP contribution in [0.3, 0.4) is 0 Å². The maximum Gasteiger partial charge on any atom is 0.302 e. The molecule has 0 saturated heterocycles. The Morgan fingerprint density at radius 3 is 1.22 bits per heavy atom. The minimum atomic E-state index is -0.154. The third-order valence-corrected chi connectivity index (χ3v) is 14.1. The van der Waals surface area contributed by atoms with Gasteiger partial charge in [0, 0.05) is 31.5 Å². The van der Waals surface area contributed by atoms with Crippen molar-refractivity contribution in [2.45, 2.75) is 207 Å². The van der Waals surface area contributed by atoms with Gasteiger partial charge in [-0.05, 0) is 149 Å². The fraction of sp³-hybridized carbons (Fsp3) is 0.955. The number of nitrogens with one attached hydrogen (secondary N) is 3. The van der Waals surface area contributed by atoms with Crippen LogP contribution in [0.1, 0.15) is 196 Å². The molecule has 0 aromatic rings. The Hall–Kier alpha value is -1.14. The van der Waals surface area contributed by atoms with Gasteiger partial charge in [-0.3, -0.25) is 9.59 Å². The van der Waals surface area contributed by atoms with Crippen LogP contribution in [0.2, 0.25) is 0 Å². The fourth-order valence-corrected chi connectivity index (χ4v) is 14.4. The topological polar surface area (TPSA) is 79.5 Å². The third kappa shape index (κ3) is 11.4. The van der Waals surface area contributed by atoms with E-state index in [1.807, 2.05) is 0 Å². The molecule has 0 aliphatic heterocycles. The lowest BCUT2D eigenvalue weighted by Gasteiger charge is -2.65. The number of hydrogen-bond donors (Lipinski definition) is 3. The van der Waals surface area contributed by atoms with Crippen molar-refractivity contribution >= 4 is 11.9 Å². The predicted molar refractivity (Wildman–Crippen MR) is 207 cm³/mol. The van der Waals surface area contributed by atoms with Gasteiger partial charge in [0.25, 0.3) is 0 Å². The van der Waals surface area contributed by atoms with Crippen LogP contribution in [0.25, 0.3) is 0 Å². The summed E-state index contributed by atoms with van der Waals surface area (Å²) in [6.07, 6.45) is 32.6. The molecule has 4 atom stereocenters. The monoisotopic (exact) mass is 698 g/mol. The number of carbonyl (C=O) groups is 2. The van der Waals surface area contributed by atoms with Crippen LogP contribution in [0.5, 0.6) is 0 Å². The van der Waals surface area contributed by atoms with Crippen LogP contribution < -0.4 is 16.0 Å². The fourth-order valence-electron chi connectivity index (χ4n) is 14.4. The molecule has 8 bridgehead atoms. The molecular formula is C44H79N3O3. The molecule has 8 fully saturated rings. The molecule has 4 unspecified atom stereocenters. The van der Waals surface area contributed by atoms with E-state index in [2.05, 4.69) is 43.6 Å². The summed E-state index contributed by atoms with van der Waals surface area (Å²) in [7, 11) is 0. The second-order valence-electron chi connectivity index (χ2n) is 20.7. The number of carbonyl (C=O) groups excluding carboxylic acids is 2. The zero-order valence-corrected chi connectivity index (χ0v) is 33.7. The van der Waals surface area contributed by atoms with Gasteiger partial charge in [0.1, 0.15) is 0 Å². The second-order valence-corrected chi connectivity index (χ2v) is 20.7. The average molecular weight is 698 g/mol. The second kappa shape index (κ2) is 16.9. The van der Waals surface area contributed by atoms with E-state index in [-0.39, 0.29) is 11.9 Å². The van der Waals surface area contributed by atoms with E-state index in [9.17, 15) is 9.59 Å². The zero-order chi connectivity index (χ0) is 35.9. The number of hydrogen-bond acceptors (Lipinski definition) is 5. The van der Waals surface area contributed by atoms with Crippen LogP contribution in [0, 0.1) is 33.5 Å². The number of amides is 1. The Morgan fingerprint density at radius 1 is 0.500 bits per heavy atom. The Bertz CT molecular complexity index is 1000. The summed E-state index contributed by atoms with van der Waals surface area (Å²) in [4.78, 5) is 21.5. The Kier molecular flexibility index (Phi) is 13.5. The lowest BCUT2D eigenvalue weighted by molar-refractivity contribution is -0.141. The van der Waals surface area contributed by atoms with Gasteiger partial charge < -0.3 is 20.7 Å². The maximum atomic E-state index is 10.8. The first-order chi connectivity index (χ1) is 23.6. The van der Waals surface area contributed by atoms with Crippen molar-refractivity contribution in [3.05, 3.63) is 0 Å². The first kappa shape index (κ1) is 40.1. The SMILES string of the molecule is CC(=O)NCCCCCCCCNC12CC3CC(C)(CC(C)(C3)C1)C2.CC(=O)OCCCCCCCCNC12CC3CC(C)(CC(C)(C3)C1)C2. The molecule has 0 spiro atoms. The van der Waals surface area contributed by atoms with Gasteiger partial charge in [-0.15, -0.1) is 0 Å². The van der Waals surface area contributed by atoms with Gasteiger partial charge in [0.05, 0.1) is 6.61 Å². The van der Waals surface area contributed by atoms with E-state index in [4.69, 9.17) is 4.74 Å².